The lowest BCUT2D eigenvalue weighted by atomic mass is 9.59. The molecule has 0 aromatic rings. The highest BCUT2D eigenvalue weighted by Crippen LogP contribution is 2.52. The van der Waals surface area contributed by atoms with Gasteiger partial charge in [0, 0.05) is 11.8 Å². The van der Waals surface area contributed by atoms with Gasteiger partial charge in [0.2, 0.25) is 0 Å². The van der Waals surface area contributed by atoms with Crippen LogP contribution < -0.4 is 0 Å². The Labute approximate surface area is 262 Å². The number of carbonyl (C=O) groups excluding carboxylic acids is 3. The van der Waals surface area contributed by atoms with Crippen LogP contribution >= 0.6 is 0 Å². The summed E-state index contributed by atoms with van der Waals surface area (Å²) in [6.07, 6.45) is 16.1. The number of hydrogen-bond acceptors (Lipinski definition) is 8. The number of fused-ring (bicyclic) bond motifs is 6. The molecule has 0 aromatic heterocycles. The summed E-state index contributed by atoms with van der Waals surface area (Å²) >= 11 is 0. The van der Waals surface area contributed by atoms with Crippen molar-refractivity contribution < 1.29 is 38.4 Å². The third-order valence-corrected chi connectivity index (χ3v) is 13.2. The summed E-state index contributed by atoms with van der Waals surface area (Å²) in [7, 11) is 0. The molecule has 6 aliphatic carbocycles. The predicted octanol–water partition coefficient (Wildman–Crippen LogP) is 5.76. The van der Waals surface area contributed by atoms with Gasteiger partial charge in [0.15, 0.2) is 6.29 Å². The number of rotatable bonds is 8. The Hall–Kier alpha value is -1.51. The summed E-state index contributed by atoms with van der Waals surface area (Å²) in [5.74, 6) is 2.29. The molecular weight excluding hydrogens is 560 g/mol. The lowest BCUT2D eigenvalue weighted by Crippen LogP contribution is -2.46. The number of esters is 2. The largest absolute Gasteiger partial charge is 0.462 e. The first-order valence-corrected chi connectivity index (χ1v) is 18.0. The van der Waals surface area contributed by atoms with Crippen molar-refractivity contribution in [3.05, 3.63) is 0 Å². The topological polar surface area (TPSA) is 108 Å². The van der Waals surface area contributed by atoms with Gasteiger partial charge in [-0.1, -0.05) is 32.1 Å². The molecule has 12 unspecified atom stereocenters. The van der Waals surface area contributed by atoms with Crippen molar-refractivity contribution in [3.8, 4) is 0 Å². The van der Waals surface area contributed by atoms with E-state index in [2.05, 4.69) is 0 Å². The molecule has 0 spiro atoms. The van der Waals surface area contributed by atoms with Gasteiger partial charge < -0.3 is 28.8 Å². The molecule has 0 aromatic carbocycles. The Kier molecular flexibility index (Phi) is 8.90. The SMILES string of the molecule is CC1(C(=O)OCC2OC(C3CC4CCCC(C4)C3)OC2COC(=O)C23CCCC(CC(C=O)C2)C3)CC2CCC(O)C(C2)C1. The third-order valence-electron chi connectivity index (χ3n) is 13.2. The second kappa shape index (κ2) is 12.6. The van der Waals surface area contributed by atoms with Crippen molar-refractivity contribution in [2.45, 2.75) is 141 Å². The Bertz CT molecular complexity index is 1070. The van der Waals surface area contributed by atoms with Crippen molar-refractivity contribution in [2.75, 3.05) is 13.2 Å². The second-order valence-corrected chi connectivity index (χ2v) is 16.6. The van der Waals surface area contributed by atoms with E-state index in [-0.39, 0.29) is 49.4 Å². The fourth-order valence-electron chi connectivity index (χ4n) is 11.2. The molecule has 44 heavy (non-hydrogen) atoms. The molecule has 8 nitrogen and oxygen atoms in total. The van der Waals surface area contributed by atoms with Crippen LogP contribution in [-0.4, -0.2) is 61.1 Å². The molecular formula is C36H54O8. The second-order valence-electron chi connectivity index (χ2n) is 16.6. The average molecular weight is 615 g/mol. The van der Waals surface area contributed by atoms with Gasteiger partial charge in [0.25, 0.3) is 0 Å². The lowest BCUT2D eigenvalue weighted by Gasteiger charge is -2.45. The van der Waals surface area contributed by atoms with E-state index < -0.39 is 23.0 Å². The van der Waals surface area contributed by atoms with Gasteiger partial charge in [-0.05, 0) is 114 Å². The van der Waals surface area contributed by atoms with Crippen LogP contribution in [0, 0.1) is 52.3 Å². The molecule has 0 radical (unpaired) electrons. The molecule has 7 aliphatic rings. The Morgan fingerprint density at radius 3 is 2.14 bits per heavy atom. The number of aliphatic hydroxyl groups is 1. The number of aliphatic hydroxyl groups excluding tert-OH is 1. The Morgan fingerprint density at radius 1 is 0.750 bits per heavy atom. The first-order chi connectivity index (χ1) is 21.2. The van der Waals surface area contributed by atoms with Gasteiger partial charge in [-0.15, -0.1) is 0 Å². The fraction of sp³-hybridized carbons (Fsp3) is 0.917. The van der Waals surface area contributed by atoms with Gasteiger partial charge >= 0.3 is 11.9 Å². The van der Waals surface area contributed by atoms with Crippen LogP contribution in [0.15, 0.2) is 0 Å². The highest BCUT2D eigenvalue weighted by atomic mass is 16.7. The number of ether oxygens (including phenoxy) is 4. The summed E-state index contributed by atoms with van der Waals surface area (Å²) < 4.78 is 25.2. The highest BCUT2D eigenvalue weighted by Gasteiger charge is 2.51. The van der Waals surface area contributed by atoms with Crippen LogP contribution in [0.1, 0.15) is 116 Å². The van der Waals surface area contributed by atoms with E-state index in [9.17, 15) is 19.5 Å². The Balaban J connectivity index is 1.01. The molecule has 246 valence electrons. The standard InChI is InChI=1S/C36H54O8/c1-35(15-25-7-8-29(38)28(14-25)18-35)33(39)41-20-30-31(44-32(43-30)27-12-22-4-2-5-23(10-22)13-27)21-42-34(40)36-9-3-6-24(16-36)11-26(17-36)19-37/h19,22-32,38H,2-18,20-21H2,1H3. The van der Waals surface area contributed by atoms with Crippen LogP contribution in [0.4, 0.5) is 0 Å². The zero-order chi connectivity index (χ0) is 30.5. The number of aldehydes is 1. The first-order valence-electron chi connectivity index (χ1n) is 18.0. The van der Waals surface area contributed by atoms with E-state index in [1.807, 2.05) is 6.92 Å². The molecule has 0 amide bonds. The molecule has 12 atom stereocenters. The van der Waals surface area contributed by atoms with Crippen molar-refractivity contribution in [1.82, 2.24) is 0 Å². The highest BCUT2D eigenvalue weighted by molar-refractivity contribution is 5.78. The van der Waals surface area contributed by atoms with E-state index >= 15 is 0 Å². The molecule has 7 rings (SSSR count). The monoisotopic (exact) mass is 614 g/mol. The third kappa shape index (κ3) is 6.25. The van der Waals surface area contributed by atoms with Crippen LogP contribution in [0.25, 0.3) is 0 Å². The van der Waals surface area contributed by atoms with E-state index in [1.165, 1.54) is 25.7 Å². The fourth-order valence-corrected chi connectivity index (χ4v) is 11.2. The van der Waals surface area contributed by atoms with Crippen LogP contribution in [0.5, 0.6) is 0 Å². The van der Waals surface area contributed by atoms with E-state index in [4.69, 9.17) is 18.9 Å². The maximum atomic E-state index is 13.7. The molecule has 1 N–H and O–H groups in total. The van der Waals surface area contributed by atoms with Crippen LogP contribution in [-0.2, 0) is 33.3 Å². The van der Waals surface area contributed by atoms with Crippen molar-refractivity contribution in [2.24, 2.45) is 52.3 Å². The molecule has 1 heterocycles. The van der Waals surface area contributed by atoms with Crippen LogP contribution in [0.2, 0.25) is 0 Å². The molecule has 1 saturated heterocycles. The summed E-state index contributed by atoms with van der Waals surface area (Å²) in [5, 5.41) is 10.5. The molecule has 6 saturated carbocycles. The predicted molar refractivity (Wildman–Crippen MR) is 161 cm³/mol. The Morgan fingerprint density at radius 2 is 1.41 bits per heavy atom. The smallest absolute Gasteiger partial charge is 0.312 e. The molecule has 6 bridgehead atoms. The van der Waals surface area contributed by atoms with E-state index in [1.54, 1.807) is 0 Å². The summed E-state index contributed by atoms with van der Waals surface area (Å²) in [5.41, 5.74) is -1.18. The number of hydrogen-bond donors (Lipinski definition) is 1. The summed E-state index contributed by atoms with van der Waals surface area (Å²) in [6, 6.07) is 0. The molecule has 8 heteroatoms. The van der Waals surface area contributed by atoms with Gasteiger partial charge in [0.05, 0.1) is 16.9 Å². The van der Waals surface area contributed by atoms with Gasteiger partial charge in [0.1, 0.15) is 31.7 Å². The number of carbonyl (C=O) groups is 3. The zero-order valence-electron chi connectivity index (χ0n) is 26.7. The van der Waals surface area contributed by atoms with E-state index in [0.29, 0.717) is 30.6 Å². The van der Waals surface area contributed by atoms with Crippen molar-refractivity contribution in [1.29, 1.82) is 0 Å². The molecule has 1 aliphatic heterocycles. The summed E-state index contributed by atoms with van der Waals surface area (Å²) in [6.45, 7) is 2.14. The summed E-state index contributed by atoms with van der Waals surface area (Å²) in [4.78, 5) is 39.0. The maximum absolute atomic E-state index is 13.7. The maximum Gasteiger partial charge on any atom is 0.312 e. The molecule has 7 fully saturated rings. The average Bonchev–Trinajstić information content (AvgIpc) is 3.43. The van der Waals surface area contributed by atoms with Crippen molar-refractivity contribution >= 4 is 18.2 Å². The zero-order valence-corrected chi connectivity index (χ0v) is 26.7. The normalized spacial score (nSPS) is 48.3. The minimum absolute atomic E-state index is 0.0723. The van der Waals surface area contributed by atoms with Gasteiger partial charge in [-0.2, -0.15) is 0 Å². The minimum atomic E-state index is -0.608. The van der Waals surface area contributed by atoms with Crippen LogP contribution in [0.3, 0.4) is 0 Å². The van der Waals surface area contributed by atoms with Gasteiger partial charge in [-0.3, -0.25) is 9.59 Å². The first kappa shape index (κ1) is 31.1. The van der Waals surface area contributed by atoms with Crippen molar-refractivity contribution in [3.63, 3.8) is 0 Å². The van der Waals surface area contributed by atoms with Gasteiger partial charge in [-0.25, -0.2) is 0 Å². The minimum Gasteiger partial charge on any atom is -0.462 e. The lowest BCUT2D eigenvalue weighted by molar-refractivity contribution is -0.170. The quantitative estimate of drug-likeness (QED) is 0.272. The van der Waals surface area contributed by atoms with E-state index in [0.717, 1.165) is 88.8 Å².